The molecule has 0 radical (unpaired) electrons. The lowest BCUT2D eigenvalue weighted by molar-refractivity contribution is -0.123. The number of likely N-dealkylation sites (tertiary alicyclic amines) is 1. The Hall–Kier alpha value is -2.08. The summed E-state index contributed by atoms with van der Waals surface area (Å²) in [5, 5.41) is 3.86. The summed E-state index contributed by atoms with van der Waals surface area (Å²) in [5.41, 5.74) is 2.32. The zero-order valence-electron chi connectivity index (χ0n) is 17.2. The Balaban J connectivity index is 1.41. The second-order valence-electron chi connectivity index (χ2n) is 7.73. The van der Waals surface area contributed by atoms with Crippen LogP contribution in [-0.2, 0) is 17.9 Å². The number of carbonyl (C=O) groups excluding carboxylic acids is 1. The Morgan fingerprint density at radius 1 is 1.21 bits per heavy atom. The number of nitrogens with zero attached hydrogens (tertiary/aromatic N) is 2. The number of nitrogens with one attached hydrogen (secondary N) is 1. The van der Waals surface area contributed by atoms with Gasteiger partial charge in [-0.1, -0.05) is 41.9 Å². The van der Waals surface area contributed by atoms with Gasteiger partial charge in [-0.2, -0.15) is 0 Å². The van der Waals surface area contributed by atoms with E-state index in [1.807, 2.05) is 30.1 Å². The number of ether oxygens (including phenoxy) is 1. The van der Waals surface area contributed by atoms with Crippen LogP contribution in [0.3, 0.4) is 0 Å². The number of amides is 1. The van der Waals surface area contributed by atoms with E-state index in [0.717, 1.165) is 43.8 Å². The van der Waals surface area contributed by atoms with Crippen LogP contribution in [0.1, 0.15) is 24.0 Å². The van der Waals surface area contributed by atoms with Gasteiger partial charge in [-0.05, 0) is 43.7 Å². The molecule has 5 nitrogen and oxygen atoms in total. The molecule has 2 aromatic rings. The number of hydrogen-bond acceptors (Lipinski definition) is 4. The molecule has 1 aliphatic rings. The van der Waals surface area contributed by atoms with Crippen molar-refractivity contribution >= 4 is 17.5 Å². The number of benzene rings is 2. The van der Waals surface area contributed by atoms with Crippen LogP contribution in [0.15, 0.2) is 48.5 Å². The van der Waals surface area contributed by atoms with Gasteiger partial charge in [0, 0.05) is 42.8 Å². The zero-order valence-corrected chi connectivity index (χ0v) is 18.0. The summed E-state index contributed by atoms with van der Waals surface area (Å²) in [5.74, 6) is 0.849. The number of methoxy groups -OCH3 is 1. The average Bonchev–Trinajstić information content (AvgIpc) is 2.70. The first kappa shape index (κ1) is 21.6. The van der Waals surface area contributed by atoms with Crippen molar-refractivity contribution in [2.45, 2.75) is 32.0 Å². The first-order valence-corrected chi connectivity index (χ1v) is 10.5. The van der Waals surface area contributed by atoms with Crippen LogP contribution in [0.4, 0.5) is 0 Å². The van der Waals surface area contributed by atoms with E-state index in [4.69, 9.17) is 16.3 Å². The van der Waals surface area contributed by atoms with Crippen molar-refractivity contribution in [2.75, 3.05) is 33.8 Å². The van der Waals surface area contributed by atoms with Gasteiger partial charge in [-0.15, -0.1) is 0 Å². The van der Waals surface area contributed by atoms with Crippen molar-refractivity contribution in [3.05, 3.63) is 64.7 Å². The molecule has 1 saturated heterocycles. The third-order valence-corrected chi connectivity index (χ3v) is 5.53. The molecule has 0 saturated carbocycles. The van der Waals surface area contributed by atoms with Crippen LogP contribution in [0.5, 0.6) is 5.75 Å². The number of rotatable bonds is 8. The molecular formula is C23H30ClN3O2. The predicted molar refractivity (Wildman–Crippen MR) is 117 cm³/mol. The summed E-state index contributed by atoms with van der Waals surface area (Å²) in [6, 6.07) is 16.3. The van der Waals surface area contributed by atoms with Crippen LogP contribution < -0.4 is 10.1 Å². The van der Waals surface area contributed by atoms with E-state index < -0.39 is 0 Å². The summed E-state index contributed by atoms with van der Waals surface area (Å²) in [4.78, 5) is 16.9. The van der Waals surface area contributed by atoms with Crippen molar-refractivity contribution in [3.8, 4) is 5.75 Å². The van der Waals surface area contributed by atoms with Crippen molar-refractivity contribution < 1.29 is 9.53 Å². The van der Waals surface area contributed by atoms with Crippen LogP contribution in [0.2, 0.25) is 5.02 Å². The quantitative estimate of drug-likeness (QED) is 0.716. The minimum atomic E-state index is 0.0648. The minimum absolute atomic E-state index is 0.0648. The summed E-state index contributed by atoms with van der Waals surface area (Å²) in [6.45, 7) is 3.95. The van der Waals surface area contributed by atoms with Crippen molar-refractivity contribution in [3.63, 3.8) is 0 Å². The Morgan fingerprint density at radius 3 is 2.62 bits per heavy atom. The molecule has 0 bridgehead atoms. The Morgan fingerprint density at radius 2 is 1.93 bits per heavy atom. The van der Waals surface area contributed by atoms with Crippen molar-refractivity contribution in [1.29, 1.82) is 0 Å². The van der Waals surface area contributed by atoms with Gasteiger partial charge in [0.05, 0.1) is 13.7 Å². The average molecular weight is 416 g/mol. The van der Waals surface area contributed by atoms with Gasteiger partial charge in [0.1, 0.15) is 5.75 Å². The van der Waals surface area contributed by atoms with E-state index >= 15 is 0 Å². The maximum absolute atomic E-state index is 12.5. The van der Waals surface area contributed by atoms with E-state index in [1.165, 1.54) is 5.56 Å². The smallest absolute Gasteiger partial charge is 0.234 e. The predicted octanol–water partition coefficient (Wildman–Crippen LogP) is 3.56. The highest BCUT2D eigenvalue weighted by molar-refractivity contribution is 6.30. The maximum Gasteiger partial charge on any atom is 0.234 e. The van der Waals surface area contributed by atoms with E-state index in [9.17, 15) is 4.79 Å². The molecule has 1 N–H and O–H groups in total. The molecule has 2 aromatic carbocycles. The first-order valence-electron chi connectivity index (χ1n) is 10.1. The largest absolute Gasteiger partial charge is 0.496 e. The molecule has 6 heteroatoms. The lowest BCUT2D eigenvalue weighted by Gasteiger charge is -2.32. The van der Waals surface area contributed by atoms with Gasteiger partial charge in [0.2, 0.25) is 5.91 Å². The topological polar surface area (TPSA) is 44.8 Å². The number of piperidine rings is 1. The molecule has 0 aromatic heterocycles. The third kappa shape index (κ3) is 6.74. The molecular weight excluding hydrogens is 386 g/mol. The number of carbonyl (C=O) groups is 1. The Kier molecular flexibility index (Phi) is 7.92. The molecule has 3 rings (SSSR count). The number of hydrogen-bond donors (Lipinski definition) is 1. The Labute approximate surface area is 178 Å². The molecule has 1 heterocycles. The number of halogens is 1. The summed E-state index contributed by atoms with van der Waals surface area (Å²) in [7, 11) is 3.58. The monoisotopic (exact) mass is 415 g/mol. The molecule has 1 amide bonds. The molecule has 0 atom stereocenters. The van der Waals surface area contributed by atoms with Crippen molar-refractivity contribution in [1.82, 2.24) is 15.1 Å². The lowest BCUT2D eigenvalue weighted by Crippen LogP contribution is -2.46. The van der Waals surface area contributed by atoms with E-state index in [1.54, 1.807) is 13.2 Å². The third-order valence-electron chi connectivity index (χ3n) is 5.30. The van der Waals surface area contributed by atoms with Gasteiger partial charge < -0.3 is 10.1 Å². The van der Waals surface area contributed by atoms with E-state index in [-0.39, 0.29) is 11.9 Å². The normalized spacial score (nSPS) is 15.4. The molecule has 156 valence electrons. The highest BCUT2D eigenvalue weighted by atomic mass is 35.5. The van der Waals surface area contributed by atoms with Crippen molar-refractivity contribution in [2.24, 2.45) is 0 Å². The van der Waals surface area contributed by atoms with E-state index in [0.29, 0.717) is 18.1 Å². The SMILES string of the molecule is COc1ccc(Cl)cc1CN(C)CC(=O)NC1CCN(Cc2ccccc2)CC1. The van der Waals surface area contributed by atoms with Gasteiger partial charge in [-0.25, -0.2) is 0 Å². The van der Waals surface area contributed by atoms with Gasteiger partial charge in [-0.3, -0.25) is 14.6 Å². The fourth-order valence-electron chi connectivity index (χ4n) is 3.81. The molecule has 1 fully saturated rings. The highest BCUT2D eigenvalue weighted by Crippen LogP contribution is 2.23. The fraction of sp³-hybridized carbons (Fsp3) is 0.435. The highest BCUT2D eigenvalue weighted by Gasteiger charge is 2.21. The van der Waals surface area contributed by atoms with Crippen LogP contribution in [0, 0.1) is 0 Å². The van der Waals surface area contributed by atoms with Crippen LogP contribution in [-0.4, -0.2) is 55.5 Å². The summed E-state index contributed by atoms with van der Waals surface area (Å²) < 4.78 is 5.39. The van der Waals surface area contributed by atoms with E-state index in [2.05, 4.69) is 34.5 Å². The molecule has 0 spiro atoms. The molecule has 0 aliphatic carbocycles. The lowest BCUT2D eigenvalue weighted by atomic mass is 10.0. The standard InChI is InChI=1S/C23H30ClN3O2/c1-26(16-19-14-20(24)8-9-22(19)29-2)17-23(28)25-21-10-12-27(13-11-21)15-18-6-4-3-5-7-18/h3-9,14,21H,10-13,15-17H2,1-2H3,(H,25,28). The van der Waals surface area contributed by atoms with Crippen LogP contribution >= 0.6 is 11.6 Å². The van der Waals surface area contributed by atoms with Gasteiger partial charge in [0.25, 0.3) is 0 Å². The molecule has 1 aliphatic heterocycles. The molecule has 29 heavy (non-hydrogen) atoms. The zero-order chi connectivity index (χ0) is 20.6. The van der Waals surface area contributed by atoms with Gasteiger partial charge >= 0.3 is 0 Å². The van der Waals surface area contributed by atoms with Crippen LogP contribution in [0.25, 0.3) is 0 Å². The Bertz CT molecular complexity index is 792. The maximum atomic E-state index is 12.5. The summed E-state index contributed by atoms with van der Waals surface area (Å²) >= 11 is 6.10. The number of likely N-dealkylation sites (N-methyl/N-ethyl adjacent to an activating group) is 1. The van der Waals surface area contributed by atoms with Gasteiger partial charge in [0.15, 0.2) is 0 Å². The second kappa shape index (κ2) is 10.6. The second-order valence-corrected chi connectivity index (χ2v) is 8.17. The summed E-state index contributed by atoms with van der Waals surface area (Å²) in [6.07, 6.45) is 1.98. The molecule has 0 unspecified atom stereocenters. The minimum Gasteiger partial charge on any atom is -0.496 e. The fourth-order valence-corrected chi connectivity index (χ4v) is 4.01. The first-order chi connectivity index (χ1) is 14.0.